The van der Waals surface area contributed by atoms with Crippen LogP contribution in [0.15, 0.2) is 40.6 Å². The van der Waals surface area contributed by atoms with E-state index in [-0.39, 0.29) is 65.6 Å². The fourth-order valence-electron chi connectivity index (χ4n) is 6.47. The Morgan fingerprint density at radius 2 is 1.43 bits per heavy atom. The first-order valence-corrected chi connectivity index (χ1v) is 16.3. The number of carbonyl (C=O) groups is 1. The van der Waals surface area contributed by atoms with Gasteiger partial charge < -0.3 is 34.9 Å². The van der Waals surface area contributed by atoms with Gasteiger partial charge in [-0.05, 0) is 78.7 Å². The van der Waals surface area contributed by atoms with Gasteiger partial charge in [0.15, 0.2) is 5.78 Å². The number of hydrogen-bond acceptors (Lipinski definition) is 8. The van der Waals surface area contributed by atoms with Gasteiger partial charge in [0.2, 0.25) is 0 Å². The van der Waals surface area contributed by atoms with Crippen LogP contribution in [0.2, 0.25) is 0 Å². The normalized spacial score (nSPS) is 15.3. The van der Waals surface area contributed by atoms with Gasteiger partial charge in [0.1, 0.15) is 22.7 Å². The number of fused-ring (bicyclic) bond motifs is 4. The second-order valence-electron chi connectivity index (χ2n) is 13.7. The molecule has 4 aromatic rings. The Morgan fingerprint density at radius 1 is 0.872 bits per heavy atom. The van der Waals surface area contributed by atoms with Gasteiger partial charge >= 0.3 is 0 Å². The number of benzene rings is 2. The molecular weight excluding hydrogens is 775 g/mol. The van der Waals surface area contributed by atoms with Crippen molar-refractivity contribution in [3.8, 4) is 34.3 Å². The maximum atomic E-state index is 11.7. The predicted molar refractivity (Wildman–Crippen MR) is 182 cm³/mol. The first-order chi connectivity index (χ1) is 21.6. The molecule has 8 nitrogen and oxygen atoms in total. The summed E-state index contributed by atoms with van der Waals surface area (Å²) in [5.74, 6) is -2.43. The number of hydrogen-bond donors (Lipinski definition) is 5. The molecule has 2 heterocycles. The number of furan rings is 1. The minimum atomic E-state index is -0.838. The van der Waals surface area contributed by atoms with Crippen molar-refractivity contribution in [1.29, 1.82) is 0 Å². The van der Waals surface area contributed by atoms with Crippen molar-refractivity contribution in [3.63, 3.8) is 0 Å². The Hall–Kier alpha value is -3.55. The molecule has 0 aliphatic heterocycles. The number of phenols is 4. The van der Waals surface area contributed by atoms with E-state index >= 15 is 0 Å². The van der Waals surface area contributed by atoms with Crippen molar-refractivity contribution in [3.05, 3.63) is 53.4 Å². The van der Waals surface area contributed by atoms with Crippen molar-refractivity contribution in [2.24, 2.45) is 11.8 Å². The summed E-state index contributed by atoms with van der Waals surface area (Å²) < 4.78 is 6.21. The number of pyridine rings is 1. The summed E-state index contributed by atoms with van der Waals surface area (Å²) in [4.78, 5) is 16.0. The smallest absolute Gasteiger partial charge is 0.162 e. The number of ketones is 1. The van der Waals surface area contributed by atoms with E-state index in [4.69, 9.17) is 4.42 Å². The summed E-state index contributed by atoms with van der Waals surface area (Å²) in [6.45, 7) is 17.1. The van der Waals surface area contributed by atoms with E-state index in [1.807, 2.05) is 33.8 Å². The molecule has 1 aliphatic carbocycles. The van der Waals surface area contributed by atoms with Crippen molar-refractivity contribution in [2.45, 2.75) is 105 Å². The molecule has 0 amide bonds. The van der Waals surface area contributed by atoms with Crippen molar-refractivity contribution in [2.75, 3.05) is 0 Å². The van der Waals surface area contributed by atoms with E-state index in [1.165, 1.54) is 17.2 Å². The number of nitrogens with zero attached hydrogens (tertiary/aromatic N) is 1. The number of aromatic nitrogens is 1. The summed E-state index contributed by atoms with van der Waals surface area (Å²) in [6, 6.07) is 8.63. The molecule has 1 radical (unpaired) electrons. The zero-order valence-corrected chi connectivity index (χ0v) is 31.0. The van der Waals surface area contributed by atoms with Gasteiger partial charge in [0, 0.05) is 60.7 Å². The van der Waals surface area contributed by atoms with E-state index in [0.29, 0.717) is 11.2 Å². The Labute approximate surface area is 290 Å². The SMILES string of the molecule is CC1(C)CCC(C)(C)c2cc3c(cc21)oc1c(-c2[c-]c(O)c(O)c(O)c2O)nccc13.CCC(CC)C(=O)/C=C(\O)C(CC)CC.[Ir]. The van der Waals surface area contributed by atoms with E-state index in [2.05, 4.69) is 50.9 Å². The van der Waals surface area contributed by atoms with E-state index < -0.39 is 23.0 Å². The Balaban J connectivity index is 0.000000322. The Morgan fingerprint density at radius 3 is 1.98 bits per heavy atom. The summed E-state index contributed by atoms with van der Waals surface area (Å²) in [7, 11) is 0. The standard InChI is InChI=1S/C25H24NO5.C13H24O2.Ir/c1-24(2)6-7-25(3,4)16-11-18-13(9-15(16)24)12-5-8-26-19(23(12)31-18)14-10-17(27)21(29)22(30)20(14)28;1-5-10(6-2)12(14)9-13(15)11(7-3)8-4;/h5,8-9,11,27-30H,6-7H2,1-4H3;9-11,14H,5-8H2,1-4H3;/q-1;;/b;12-9-;. The average molecular weight is 823 g/mol. The third-order valence-electron chi connectivity index (χ3n) is 9.83. The van der Waals surface area contributed by atoms with Gasteiger partial charge in [-0.1, -0.05) is 67.0 Å². The van der Waals surface area contributed by atoms with Gasteiger partial charge in [-0.3, -0.25) is 4.79 Å². The first kappa shape index (κ1) is 37.9. The molecule has 5 rings (SSSR count). The fourth-order valence-corrected chi connectivity index (χ4v) is 6.47. The van der Waals surface area contributed by atoms with Crippen LogP contribution in [0.1, 0.15) is 105 Å². The van der Waals surface area contributed by atoms with Crippen LogP contribution in [0.25, 0.3) is 33.2 Å². The average Bonchev–Trinajstić information content (AvgIpc) is 3.39. The molecule has 257 valence electrons. The minimum Gasteiger partial charge on any atom is -0.548 e. The fraction of sp³-hybridized carbons (Fsp3) is 0.474. The quantitative estimate of drug-likeness (QED) is 0.0389. The molecule has 0 unspecified atom stereocenters. The zero-order chi connectivity index (χ0) is 34.1. The van der Waals surface area contributed by atoms with Crippen LogP contribution < -0.4 is 0 Å². The second-order valence-corrected chi connectivity index (χ2v) is 13.7. The molecule has 2 aromatic heterocycles. The van der Waals surface area contributed by atoms with Crippen LogP contribution in [0, 0.1) is 17.9 Å². The van der Waals surface area contributed by atoms with Gasteiger partial charge in [0.25, 0.3) is 0 Å². The monoisotopic (exact) mass is 823 g/mol. The number of phenolic OH excluding ortho intramolecular Hbond substituents is 4. The van der Waals surface area contributed by atoms with Crippen LogP contribution in [0.3, 0.4) is 0 Å². The number of rotatable bonds is 8. The zero-order valence-electron chi connectivity index (χ0n) is 28.6. The summed E-state index contributed by atoms with van der Waals surface area (Å²) in [5, 5.41) is 51.4. The summed E-state index contributed by atoms with van der Waals surface area (Å²) in [6.07, 6.45) is 8.66. The predicted octanol–water partition coefficient (Wildman–Crippen LogP) is 9.49. The van der Waals surface area contributed by atoms with E-state index in [0.717, 1.165) is 49.3 Å². The molecule has 9 heteroatoms. The molecule has 5 N–H and O–H groups in total. The summed E-state index contributed by atoms with van der Waals surface area (Å²) >= 11 is 0. The Kier molecular flexibility index (Phi) is 11.9. The number of carbonyl (C=O) groups excluding carboxylic acids is 1. The Bertz CT molecular complexity index is 1780. The maximum Gasteiger partial charge on any atom is 0.162 e. The molecule has 47 heavy (non-hydrogen) atoms. The molecule has 1 aliphatic rings. The topological polar surface area (TPSA) is 144 Å². The third kappa shape index (κ3) is 7.31. The number of aliphatic hydroxyl groups excluding tert-OH is 1. The van der Waals surface area contributed by atoms with Crippen LogP contribution in [-0.2, 0) is 35.7 Å². The molecule has 0 saturated carbocycles. The van der Waals surface area contributed by atoms with Crippen molar-refractivity contribution >= 4 is 27.7 Å². The second kappa shape index (κ2) is 14.7. The molecule has 0 bridgehead atoms. The van der Waals surface area contributed by atoms with Crippen molar-refractivity contribution < 1.29 is 54.8 Å². The molecule has 0 saturated heterocycles. The van der Waals surface area contributed by atoms with Crippen LogP contribution in [-0.4, -0.2) is 36.3 Å². The largest absolute Gasteiger partial charge is 0.548 e. The van der Waals surface area contributed by atoms with Gasteiger partial charge in [-0.15, -0.1) is 0 Å². The molecule has 0 spiro atoms. The number of aromatic hydroxyl groups is 4. The number of aliphatic hydroxyl groups is 1. The molecular formula is C38H48IrNO7-. The van der Waals surface area contributed by atoms with Crippen LogP contribution >= 0.6 is 0 Å². The maximum absolute atomic E-state index is 11.7. The molecule has 0 atom stereocenters. The van der Waals surface area contributed by atoms with Gasteiger partial charge in [-0.2, -0.15) is 0 Å². The third-order valence-corrected chi connectivity index (χ3v) is 9.83. The summed E-state index contributed by atoms with van der Waals surface area (Å²) in [5.41, 5.74) is 3.91. The number of allylic oxidation sites excluding steroid dienone is 2. The van der Waals surface area contributed by atoms with Gasteiger partial charge in [-0.25, -0.2) is 0 Å². The first-order valence-electron chi connectivity index (χ1n) is 16.3. The molecule has 2 aromatic carbocycles. The van der Waals surface area contributed by atoms with E-state index in [9.17, 15) is 30.3 Å². The molecule has 0 fully saturated rings. The van der Waals surface area contributed by atoms with Crippen molar-refractivity contribution in [1.82, 2.24) is 4.98 Å². The van der Waals surface area contributed by atoms with Crippen LogP contribution in [0.5, 0.6) is 23.0 Å². The van der Waals surface area contributed by atoms with Crippen LogP contribution in [0.4, 0.5) is 0 Å². The van der Waals surface area contributed by atoms with Gasteiger partial charge in [0.05, 0.1) is 17.3 Å². The minimum absolute atomic E-state index is 0. The van der Waals surface area contributed by atoms with E-state index in [1.54, 1.807) is 6.20 Å².